The Hall–Kier alpha value is -2.30. The Bertz CT molecular complexity index is 771. The van der Waals surface area contributed by atoms with E-state index in [2.05, 4.69) is 9.98 Å². The van der Waals surface area contributed by atoms with E-state index in [4.69, 9.17) is 11.6 Å². The number of amidine groups is 1. The summed E-state index contributed by atoms with van der Waals surface area (Å²) >= 11 is 5.63. The Morgan fingerprint density at radius 1 is 1.19 bits per heavy atom. The molecule has 2 heterocycles. The summed E-state index contributed by atoms with van der Waals surface area (Å²) in [5.74, 6) is -6.32. The average Bonchev–Trinajstić information content (AvgIpc) is 2.56. The lowest BCUT2D eigenvalue weighted by Crippen LogP contribution is -2.42. The van der Waals surface area contributed by atoms with E-state index < -0.39 is 35.3 Å². The number of halogens is 7. The minimum Gasteiger partial charge on any atom is -0.504 e. The fraction of sp³-hybridized carbons (Fsp3) is 0.400. The molecule has 2 rings (SSSR count). The second-order valence-corrected chi connectivity index (χ2v) is 5.91. The Balaban J connectivity index is 2.49. The van der Waals surface area contributed by atoms with Gasteiger partial charge in [0.1, 0.15) is 16.6 Å². The van der Waals surface area contributed by atoms with Crippen LogP contribution < -0.4 is 0 Å². The van der Waals surface area contributed by atoms with Gasteiger partial charge >= 0.3 is 12.4 Å². The summed E-state index contributed by atoms with van der Waals surface area (Å²) in [6, 6.07) is 2.86. The number of aliphatic hydroxyl groups excluding tert-OH is 1. The molecule has 0 spiro atoms. The van der Waals surface area contributed by atoms with E-state index in [1.807, 2.05) is 0 Å². The molecule has 0 aromatic carbocycles. The van der Waals surface area contributed by atoms with Gasteiger partial charge in [-0.2, -0.15) is 26.3 Å². The van der Waals surface area contributed by atoms with E-state index in [1.54, 1.807) is 0 Å². The highest BCUT2D eigenvalue weighted by atomic mass is 35.5. The fourth-order valence-electron chi connectivity index (χ4n) is 2.36. The minimum absolute atomic E-state index is 0.0290. The molecule has 0 amide bonds. The highest BCUT2D eigenvalue weighted by molar-refractivity contribution is 6.29. The summed E-state index contributed by atoms with van der Waals surface area (Å²) < 4.78 is 77.1. The molecule has 5 nitrogen and oxygen atoms in total. The van der Waals surface area contributed by atoms with Gasteiger partial charge in [0.25, 0.3) is 5.78 Å². The van der Waals surface area contributed by atoms with Crippen molar-refractivity contribution in [1.29, 1.82) is 0 Å². The van der Waals surface area contributed by atoms with Crippen molar-refractivity contribution in [2.24, 2.45) is 4.99 Å². The number of aliphatic hydroxyl groups is 1. The number of alkyl halides is 6. The molecular formula is C15H12ClF6N3O2. The molecule has 0 fully saturated rings. The smallest absolute Gasteiger partial charge is 0.455 e. The van der Waals surface area contributed by atoms with Crippen LogP contribution in [0.4, 0.5) is 26.3 Å². The molecule has 1 aromatic heterocycles. The lowest BCUT2D eigenvalue weighted by Gasteiger charge is -2.31. The van der Waals surface area contributed by atoms with Crippen molar-refractivity contribution in [3.63, 3.8) is 0 Å². The van der Waals surface area contributed by atoms with E-state index in [9.17, 15) is 36.2 Å². The van der Waals surface area contributed by atoms with Crippen LogP contribution in [0.2, 0.25) is 5.15 Å². The SMILES string of the molecule is O=C(/C(C1=NCCCN1Cc1ccc(Cl)nc1)=C(/O)C(F)(F)F)C(F)(F)F. The summed E-state index contributed by atoms with van der Waals surface area (Å²) in [5.41, 5.74) is -1.50. The number of aliphatic imine (C=N–C) groups is 1. The maximum Gasteiger partial charge on any atom is 0.455 e. The van der Waals surface area contributed by atoms with Crippen molar-refractivity contribution >= 4 is 23.2 Å². The molecule has 1 aromatic rings. The summed E-state index contributed by atoms with van der Waals surface area (Å²) in [5, 5.41) is 9.50. The second kappa shape index (κ2) is 7.75. The van der Waals surface area contributed by atoms with Crippen molar-refractivity contribution in [2.45, 2.75) is 25.3 Å². The Morgan fingerprint density at radius 3 is 2.37 bits per heavy atom. The Labute approximate surface area is 154 Å². The number of rotatable bonds is 4. The first-order chi connectivity index (χ1) is 12.4. The highest BCUT2D eigenvalue weighted by Gasteiger charge is 2.49. The summed E-state index contributed by atoms with van der Waals surface area (Å²) in [6.45, 7) is -0.242. The van der Waals surface area contributed by atoms with Crippen LogP contribution in [0, 0.1) is 0 Å². The molecular weight excluding hydrogens is 404 g/mol. The maximum atomic E-state index is 12.9. The van der Waals surface area contributed by atoms with Gasteiger partial charge in [-0.25, -0.2) is 4.98 Å². The maximum absolute atomic E-state index is 12.9. The summed E-state index contributed by atoms with van der Waals surface area (Å²) in [7, 11) is 0. The van der Waals surface area contributed by atoms with E-state index in [0.29, 0.717) is 12.0 Å². The van der Waals surface area contributed by atoms with Gasteiger partial charge in [0, 0.05) is 25.8 Å². The van der Waals surface area contributed by atoms with Gasteiger partial charge in [-0.3, -0.25) is 9.79 Å². The monoisotopic (exact) mass is 415 g/mol. The molecule has 0 radical (unpaired) electrons. The number of carbonyl (C=O) groups excluding carboxylic acids is 1. The number of nitrogens with zero attached hydrogens (tertiary/aromatic N) is 3. The van der Waals surface area contributed by atoms with Crippen LogP contribution >= 0.6 is 11.6 Å². The van der Waals surface area contributed by atoms with Gasteiger partial charge in [-0.1, -0.05) is 17.7 Å². The van der Waals surface area contributed by atoms with E-state index in [0.717, 1.165) is 4.90 Å². The van der Waals surface area contributed by atoms with Gasteiger partial charge in [-0.15, -0.1) is 0 Å². The third kappa shape index (κ3) is 5.12. The number of hydrogen-bond donors (Lipinski definition) is 1. The summed E-state index contributed by atoms with van der Waals surface area (Å²) in [6.07, 6.45) is -9.55. The number of carbonyl (C=O) groups is 1. The fourth-order valence-corrected chi connectivity index (χ4v) is 2.47. The van der Waals surface area contributed by atoms with Crippen molar-refractivity contribution in [1.82, 2.24) is 9.88 Å². The first-order valence-electron chi connectivity index (χ1n) is 7.43. The lowest BCUT2D eigenvalue weighted by molar-refractivity contribution is -0.167. The largest absolute Gasteiger partial charge is 0.504 e. The van der Waals surface area contributed by atoms with Crippen LogP contribution in [0.3, 0.4) is 0 Å². The molecule has 1 aliphatic heterocycles. The van der Waals surface area contributed by atoms with Gasteiger partial charge in [0.2, 0.25) is 5.76 Å². The molecule has 0 unspecified atom stereocenters. The van der Waals surface area contributed by atoms with Crippen LogP contribution in [-0.2, 0) is 11.3 Å². The number of ketones is 1. The van der Waals surface area contributed by atoms with Crippen LogP contribution in [0.5, 0.6) is 0 Å². The minimum atomic E-state index is -5.62. The molecule has 1 N–H and O–H groups in total. The number of Topliss-reactive ketones (excluding diaryl/α,β-unsaturated/α-hetero) is 1. The van der Waals surface area contributed by atoms with Crippen LogP contribution in [0.1, 0.15) is 12.0 Å². The zero-order valence-electron chi connectivity index (χ0n) is 13.4. The van der Waals surface area contributed by atoms with E-state index in [1.165, 1.54) is 18.3 Å². The molecule has 1 aliphatic rings. The molecule has 0 aliphatic carbocycles. The van der Waals surface area contributed by atoms with Crippen molar-refractivity contribution < 1.29 is 36.2 Å². The third-order valence-electron chi connectivity index (χ3n) is 3.52. The van der Waals surface area contributed by atoms with Gasteiger partial charge in [0.15, 0.2) is 0 Å². The van der Waals surface area contributed by atoms with E-state index >= 15 is 0 Å². The molecule has 148 valence electrons. The average molecular weight is 416 g/mol. The predicted molar refractivity (Wildman–Crippen MR) is 83.3 cm³/mol. The standard InChI is InChI=1S/C15H12ClF6N3O2/c16-9-3-2-8(6-24-9)7-25-5-1-4-23-13(25)10(11(26)14(17,18)19)12(27)15(20,21)22/h2-3,6,26H,1,4-5,7H2/b11-10-. The number of allylic oxidation sites excluding steroid dienone is 1. The van der Waals surface area contributed by atoms with Crippen LogP contribution in [0.25, 0.3) is 0 Å². The normalized spacial score (nSPS) is 16.7. The van der Waals surface area contributed by atoms with Gasteiger partial charge in [0.05, 0.1) is 0 Å². The third-order valence-corrected chi connectivity index (χ3v) is 3.75. The molecule has 27 heavy (non-hydrogen) atoms. The van der Waals surface area contributed by atoms with E-state index in [-0.39, 0.29) is 24.8 Å². The summed E-state index contributed by atoms with van der Waals surface area (Å²) in [4.78, 5) is 20.1. The topological polar surface area (TPSA) is 65.8 Å². The Morgan fingerprint density at radius 2 is 1.85 bits per heavy atom. The predicted octanol–water partition coefficient (Wildman–Crippen LogP) is 3.85. The molecule has 0 bridgehead atoms. The van der Waals surface area contributed by atoms with Crippen molar-refractivity contribution in [2.75, 3.05) is 13.1 Å². The number of hydrogen-bond acceptors (Lipinski definition) is 5. The van der Waals surface area contributed by atoms with Gasteiger partial charge < -0.3 is 10.0 Å². The lowest BCUT2D eigenvalue weighted by atomic mass is 10.0. The number of pyridine rings is 1. The molecule has 12 heteroatoms. The first kappa shape index (κ1) is 21.0. The number of aromatic nitrogens is 1. The quantitative estimate of drug-likeness (QED) is 0.351. The zero-order chi connectivity index (χ0) is 20.4. The van der Waals surface area contributed by atoms with Crippen LogP contribution in [0.15, 0.2) is 34.7 Å². The molecule has 0 saturated carbocycles. The molecule has 0 saturated heterocycles. The van der Waals surface area contributed by atoms with Crippen molar-refractivity contribution in [3.05, 3.63) is 40.4 Å². The highest BCUT2D eigenvalue weighted by Crippen LogP contribution is 2.32. The Kier molecular flexibility index (Phi) is 6.03. The first-order valence-corrected chi connectivity index (χ1v) is 7.81. The zero-order valence-corrected chi connectivity index (χ0v) is 14.2. The molecule has 0 atom stereocenters. The van der Waals surface area contributed by atoms with Crippen molar-refractivity contribution in [3.8, 4) is 0 Å². The van der Waals surface area contributed by atoms with Gasteiger partial charge in [-0.05, 0) is 18.1 Å². The van der Waals surface area contributed by atoms with Crippen LogP contribution in [-0.4, -0.2) is 52.1 Å². The second-order valence-electron chi connectivity index (χ2n) is 5.52.